The van der Waals surface area contributed by atoms with E-state index in [2.05, 4.69) is 13.5 Å². The number of phenols is 1. The molecule has 3 heteroatoms. The van der Waals surface area contributed by atoms with Crippen LogP contribution in [0.3, 0.4) is 0 Å². The fourth-order valence-corrected chi connectivity index (χ4v) is 2.82. The summed E-state index contributed by atoms with van der Waals surface area (Å²) in [6.45, 7) is 5.73. The van der Waals surface area contributed by atoms with Gasteiger partial charge in [0.2, 0.25) is 0 Å². The number of hydrogen-bond donors (Lipinski definition) is 1. The van der Waals surface area contributed by atoms with Crippen LogP contribution in [0, 0.1) is 0 Å². The average Bonchev–Trinajstić information content (AvgIpc) is 2.48. The highest BCUT2D eigenvalue weighted by Crippen LogP contribution is 2.35. The summed E-state index contributed by atoms with van der Waals surface area (Å²) in [4.78, 5) is 12.3. The van der Waals surface area contributed by atoms with Gasteiger partial charge in [0.25, 0.3) is 0 Å². The summed E-state index contributed by atoms with van der Waals surface area (Å²) in [5, 5.41) is 9.85. The number of ether oxygens (including phenoxy) is 1. The van der Waals surface area contributed by atoms with Crippen molar-refractivity contribution in [2.45, 2.75) is 51.0 Å². The Kier molecular flexibility index (Phi) is 4.48. The molecular weight excluding hydrogens is 252 g/mol. The van der Waals surface area contributed by atoms with Gasteiger partial charge in [0.05, 0.1) is 0 Å². The van der Waals surface area contributed by atoms with Crippen molar-refractivity contribution >= 4 is 12.0 Å². The van der Waals surface area contributed by atoms with E-state index in [-0.39, 0.29) is 16.9 Å². The van der Waals surface area contributed by atoms with Crippen molar-refractivity contribution in [2.75, 3.05) is 0 Å². The van der Waals surface area contributed by atoms with E-state index in [0.717, 1.165) is 37.7 Å². The minimum atomic E-state index is -0.435. The van der Waals surface area contributed by atoms with E-state index in [1.165, 1.54) is 12.5 Å². The molecule has 20 heavy (non-hydrogen) atoms. The molecule has 0 aliphatic heterocycles. The number of aromatic hydroxyl groups is 1. The Hall–Kier alpha value is -1.77. The van der Waals surface area contributed by atoms with Gasteiger partial charge in [-0.05, 0) is 49.8 Å². The predicted molar refractivity (Wildman–Crippen MR) is 79.7 cm³/mol. The lowest BCUT2D eigenvalue weighted by molar-refractivity contribution is -0.0399. The molecule has 0 bridgehead atoms. The largest absolute Gasteiger partial charge is 0.507 e. The van der Waals surface area contributed by atoms with Crippen LogP contribution in [0.25, 0.3) is 6.08 Å². The van der Waals surface area contributed by atoms with Crippen LogP contribution in [0.5, 0.6) is 5.75 Å². The van der Waals surface area contributed by atoms with E-state index in [4.69, 9.17) is 4.74 Å². The summed E-state index contributed by atoms with van der Waals surface area (Å²) in [5.41, 5.74) is 0.663. The fourth-order valence-electron chi connectivity index (χ4n) is 2.82. The molecule has 0 atom stereocenters. The Bertz CT molecular complexity index is 499. The number of rotatable bonds is 4. The van der Waals surface area contributed by atoms with Crippen LogP contribution in [-0.4, -0.2) is 16.7 Å². The lowest BCUT2D eigenvalue weighted by atomic mass is 9.82. The highest BCUT2D eigenvalue weighted by molar-refractivity contribution is 5.93. The van der Waals surface area contributed by atoms with Gasteiger partial charge in [0.1, 0.15) is 16.9 Å². The molecule has 0 amide bonds. The van der Waals surface area contributed by atoms with Crippen LogP contribution in [0.1, 0.15) is 61.4 Å². The van der Waals surface area contributed by atoms with Gasteiger partial charge >= 0.3 is 5.97 Å². The third-order valence-corrected chi connectivity index (χ3v) is 4.19. The van der Waals surface area contributed by atoms with Gasteiger partial charge in [-0.2, -0.15) is 0 Å². The summed E-state index contributed by atoms with van der Waals surface area (Å²) >= 11 is 0. The molecule has 1 fully saturated rings. The zero-order chi connectivity index (χ0) is 14.6. The Balaban J connectivity index is 2.20. The second-order valence-corrected chi connectivity index (χ2v) is 5.47. The maximum absolute atomic E-state index is 12.3. The predicted octanol–water partition coefficient (Wildman–Crippen LogP) is 4.30. The zero-order valence-electron chi connectivity index (χ0n) is 12.0. The summed E-state index contributed by atoms with van der Waals surface area (Å²) in [6, 6.07) is 4.85. The van der Waals surface area contributed by atoms with Crippen LogP contribution in [-0.2, 0) is 4.74 Å². The molecular formula is C17H22O3. The van der Waals surface area contributed by atoms with E-state index >= 15 is 0 Å². The third-order valence-electron chi connectivity index (χ3n) is 4.19. The van der Waals surface area contributed by atoms with Crippen LogP contribution in [0.15, 0.2) is 24.8 Å². The first kappa shape index (κ1) is 14.6. The molecule has 0 spiro atoms. The quantitative estimate of drug-likeness (QED) is 0.832. The normalized spacial score (nSPS) is 17.4. The topological polar surface area (TPSA) is 46.5 Å². The molecule has 3 nitrogen and oxygen atoms in total. The smallest absolute Gasteiger partial charge is 0.342 e. The number of benzene rings is 1. The van der Waals surface area contributed by atoms with E-state index in [1.54, 1.807) is 18.2 Å². The SMILES string of the molecule is C=Cc1ccc(O)c(C(=O)OC2(CC)CCCCC2)c1. The van der Waals surface area contributed by atoms with Gasteiger partial charge < -0.3 is 9.84 Å². The van der Waals surface area contributed by atoms with Crippen molar-refractivity contribution in [2.24, 2.45) is 0 Å². The van der Waals surface area contributed by atoms with Crippen LogP contribution in [0.4, 0.5) is 0 Å². The standard InChI is InChI=1S/C17H22O3/c1-3-13-8-9-15(18)14(12-13)16(19)20-17(4-2)10-6-5-7-11-17/h3,8-9,12,18H,1,4-7,10-11H2,2H3. The molecule has 2 rings (SSSR count). The van der Waals surface area contributed by atoms with Gasteiger partial charge in [-0.3, -0.25) is 0 Å². The molecule has 0 heterocycles. The third kappa shape index (κ3) is 3.03. The lowest BCUT2D eigenvalue weighted by Crippen LogP contribution is -2.36. The summed E-state index contributed by atoms with van der Waals surface area (Å²) < 4.78 is 5.76. The molecule has 1 saturated carbocycles. The molecule has 0 saturated heterocycles. The molecule has 0 aromatic heterocycles. The first-order valence-corrected chi connectivity index (χ1v) is 7.29. The summed E-state index contributed by atoms with van der Waals surface area (Å²) in [7, 11) is 0. The van der Waals surface area contributed by atoms with Crippen LogP contribution in [0.2, 0.25) is 0 Å². The van der Waals surface area contributed by atoms with Crippen molar-refractivity contribution in [1.29, 1.82) is 0 Å². The van der Waals surface area contributed by atoms with Gasteiger partial charge in [-0.15, -0.1) is 0 Å². The van der Waals surface area contributed by atoms with Gasteiger partial charge in [0, 0.05) is 0 Å². The lowest BCUT2D eigenvalue weighted by Gasteiger charge is -2.36. The maximum Gasteiger partial charge on any atom is 0.342 e. The van der Waals surface area contributed by atoms with Crippen LogP contribution >= 0.6 is 0 Å². The van der Waals surface area contributed by atoms with E-state index in [9.17, 15) is 9.90 Å². The van der Waals surface area contributed by atoms with Crippen LogP contribution < -0.4 is 0 Å². The Morgan fingerprint density at radius 3 is 2.70 bits per heavy atom. The Morgan fingerprint density at radius 1 is 1.40 bits per heavy atom. The summed E-state index contributed by atoms with van der Waals surface area (Å²) in [5.74, 6) is -0.474. The molecule has 0 radical (unpaired) electrons. The Labute approximate surface area is 120 Å². The zero-order valence-corrected chi connectivity index (χ0v) is 12.0. The molecule has 1 N–H and O–H groups in total. The molecule has 1 aromatic rings. The van der Waals surface area contributed by atoms with E-state index < -0.39 is 5.97 Å². The highest BCUT2D eigenvalue weighted by Gasteiger charge is 2.34. The molecule has 108 valence electrons. The molecule has 0 unspecified atom stereocenters. The number of carbonyl (C=O) groups is 1. The summed E-state index contributed by atoms with van der Waals surface area (Å²) in [6.07, 6.45) is 7.69. The van der Waals surface area contributed by atoms with E-state index in [0.29, 0.717) is 0 Å². The minimum Gasteiger partial charge on any atom is -0.507 e. The van der Waals surface area contributed by atoms with Crippen molar-refractivity contribution in [3.8, 4) is 5.75 Å². The number of esters is 1. The fraction of sp³-hybridized carbons (Fsp3) is 0.471. The number of phenolic OH excluding ortho intramolecular Hbond substituents is 1. The van der Waals surface area contributed by atoms with Crippen molar-refractivity contribution in [3.63, 3.8) is 0 Å². The van der Waals surface area contributed by atoms with Crippen molar-refractivity contribution in [1.82, 2.24) is 0 Å². The van der Waals surface area contributed by atoms with Gasteiger partial charge in [-0.25, -0.2) is 4.79 Å². The first-order valence-electron chi connectivity index (χ1n) is 7.29. The Morgan fingerprint density at radius 2 is 2.10 bits per heavy atom. The number of carbonyl (C=O) groups excluding carboxylic acids is 1. The minimum absolute atomic E-state index is 0.0392. The highest BCUT2D eigenvalue weighted by atomic mass is 16.6. The van der Waals surface area contributed by atoms with Gasteiger partial charge in [-0.1, -0.05) is 32.1 Å². The second kappa shape index (κ2) is 6.12. The molecule has 1 aliphatic rings. The molecule has 1 aliphatic carbocycles. The van der Waals surface area contributed by atoms with Crippen molar-refractivity contribution < 1.29 is 14.6 Å². The second-order valence-electron chi connectivity index (χ2n) is 5.47. The number of hydrogen-bond acceptors (Lipinski definition) is 3. The maximum atomic E-state index is 12.3. The van der Waals surface area contributed by atoms with Crippen molar-refractivity contribution in [3.05, 3.63) is 35.9 Å². The van der Waals surface area contributed by atoms with E-state index in [1.807, 2.05) is 0 Å². The first-order chi connectivity index (χ1) is 9.60. The monoisotopic (exact) mass is 274 g/mol. The average molecular weight is 274 g/mol. The molecule has 1 aromatic carbocycles. The van der Waals surface area contributed by atoms with Gasteiger partial charge in [0.15, 0.2) is 0 Å².